The largest absolute Gasteiger partial charge is 0.494 e. The molecule has 0 bridgehead atoms. The van der Waals surface area contributed by atoms with Gasteiger partial charge in [0.2, 0.25) is 5.82 Å². The van der Waals surface area contributed by atoms with E-state index < -0.39 is 0 Å². The van der Waals surface area contributed by atoms with Crippen molar-refractivity contribution >= 4 is 39.7 Å². The molecule has 0 atom stereocenters. The fraction of sp³-hybridized carbons (Fsp3) is 0.129. The molecule has 3 aromatic carbocycles. The number of aryl methyl sites for hydroxylation is 1. The highest BCUT2D eigenvalue weighted by molar-refractivity contribution is 6.31. The van der Waals surface area contributed by atoms with E-state index in [1.807, 2.05) is 75.4 Å². The molecule has 3 aromatic heterocycles. The Hall–Kier alpha value is -4.62. The van der Waals surface area contributed by atoms with E-state index in [1.165, 1.54) is 4.68 Å². The molecule has 0 spiro atoms. The Labute approximate surface area is 229 Å². The van der Waals surface area contributed by atoms with Crippen LogP contribution in [0, 0.1) is 13.8 Å². The van der Waals surface area contributed by atoms with E-state index in [0.717, 1.165) is 33.8 Å². The van der Waals surface area contributed by atoms with Gasteiger partial charge in [-0.2, -0.15) is 9.78 Å². The zero-order valence-corrected chi connectivity index (χ0v) is 22.4. The fourth-order valence-electron chi connectivity index (χ4n) is 4.81. The molecule has 0 unspecified atom stereocenters. The van der Waals surface area contributed by atoms with Gasteiger partial charge in [0.25, 0.3) is 5.56 Å². The molecule has 8 heteroatoms. The second-order valence-electron chi connectivity index (χ2n) is 9.20. The number of benzene rings is 3. The van der Waals surface area contributed by atoms with Crippen LogP contribution in [0.2, 0.25) is 5.02 Å². The Morgan fingerprint density at radius 2 is 1.82 bits per heavy atom. The van der Waals surface area contributed by atoms with Crippen molar-refractivity contribution in [3.63, 3.8) is 0 Å². The van der Waals surface area contributed by atoms with Gasteiger partial charge in [-0.1, -0.05) is 23.7 Å². The Morgan fingerprint density at radius 1 is 1.03 bits per heavy atom. The molecule has 3 heterocycles. The third-order valence-corrected chi connectivity index (χ3v) is 6.88. The van der Waals surface area contributed by atoms with Gasteiger partial charge in [0.1, 0.15) is 11.3 Å². The molecule has 0 amide bonds. The Balaban J connectivity index is 1.46. The van der Waals surface area contributed by atoms with E-state index in [9.17, 15) is 4.79 Å². The van der Waals surface area contributed by atoms with E-state index >= 15 is 0 Å². The Kier molecular flexibility index (Phi) is 6.29. The van der Waals surface area contributed by atoms with E-state index in [1.54, 1.807) is 30.5 Å². The zero-order chi connectivity index (χ0) is 27.1. The molecule has 6 aromatic rings. The summed E-state index contributed by atoms with van der Waals surface area (Å²) in [6.07, 6.45) is 1.69. The first-order chi connectivity index (χ1) is 18.9. The van der Waals surface area contributed by atoms with Gasteiger partial charge < -0.3 is 13.7 Å². The lowest BCUT2D eigenvalue weighted by Crippen LogP contribution is -2.20. The van der Waals surface area contributed by atoms with E-state index in [0.29, 0.717) is 39.7 Å². The second kappa shape index (κ2) is 9.93. The average molecular weight is 537 g/mol. The molecule has 39 heavy (non-hydrogen) atoms. The van der Waals surface area contributed by atoms with Crippen LogP contribution in [-0.2, 0) is 0 Å². The highest BCUT2D eigenvalue weighted by Crippen LogP contribution is 2.29. The number of aromatic nitrogens is 3. The van der Waals surface area contributed by atoms with Crippen LogP contribution in [0.25, 0.3) is 39.1 Å². The first-order valence-corrected chi connectivity index (χ1v) is 13.0. The molecule has 0 saturated carbocycles. The van der Waals surface area contributed by atoms with Crippen molar-refractivity contribution in [3.8, 4) is 23.0 Å². The quantitative estimate of drug-likeness (QED) is 0.212. The number of rotatable bonds is 6. The van der Waals surface area contributed by atoms with Crippen LogP contribution in [0.3, 0.4) is 0 Å². The maximum atomic E-state index is 13.6. The van der Waals surface area contributed by atoms with Crippen LogP contribution in [0.1, 0.15) is 23.9 Å². The summed E-state index contributed by atoms with van der Waals surface area (Å²) in [7, 11) is 0. The summed E-state index contributed by atoms with van der Waals surface area (Å²) < 4.78 is 15.1. The van der Waals surface area contributed by atoms with Gasteiger partial charge in [0, 0.05) is 33.0 Å². The minimum atomic E-state index is -0.286. The molecular weight excluding hydrogens is 512 g/mol. The molecule has 0 radical (unpaired) electrons. The van der Waals surface area contributed by atoms with Crippen molar-refractivity contribution < 1.29 is 9.15 Å². The number of hydrogen-bond acceptors (Lipinski definition) is 5. The van der Waals surface area contributed by atoms with Gasteiger partial charge >= 0.3 is 0 Å². The SMILES string of the molecule is CCOc1ccc(-n2c(C)cc(C=Nn3c(-c4cc5cc(Cl)ccc5o4)nc4ccccc4c3=O)c2C)cc1. The molecule has 0 fully saturated rings. The van der Waals surface area contributed by atoms with Gasteiger partial charge in [-0.25, -0.2) is 4.98 Å². The first kappa shape index (κ1) is 24.7. The normalized spacial score (nSPS) is 11.7. The molecule has 7 nitrogen and oxygen atoms in total. The molecule has 0 aliphatic rings. The van der Waals surface area contributed by atoms with E-state index in [2.05, 4.69) is 9.67 Å². The number of nitrogens with zero attached hydrogens (tertiary/aromatic N) is 4. The lowest BCUT2D eigenvalue weighted by atomic mass is 10.2. The number of hydrogen-bond donors (Lipinski definition) is 0. The van der Waals surface area contributed by atoms with E-state index in [-0.39, 0.29) is 5.56 Å². The molecular formula is C31H25ClN4O3. The fourth-order valence-corrected chi connectivity index (χ4v) is 4.99. The minimum absolute atomic E-state index is 0.286. The summed E-state index contributed by atoms with van der Waals surface area (Å²) in [5, 5.41) is 6.52. The Morgan fingerprint density at radius 3 is 2.62 bits per heavy atom. The molecule has 0 saturated heterocycles. The molecule has 6 rings (SSSR count). The smallest absolute Gasteiger partial charge is 0.282 e. The lowest BCUT2D eigenvalue weighted by molar-refractivity contribution is 0.340. The molecule has 0 aliphatic carbocycles. The number of para-hydroxylation sites is 1. The van der Waals surface area contributed by atoms with Gasteiger partial charge in [-0.15, -0.1) is 0 Å². The van der Waals surface area contributed by atoms with Crippen molar-refractivity contribution in [2.24, 2.45) is 5.10 Å². The monoisotopic (exact) mass is 536 g/mol. The standard InChI is InChI=1S/C31H25ClN4O3/c1-4-38-25-12-10-24(11-13-25)35-19(2)15-22(20(35)3)18-33-36-30(34-27-8-6-5-7-26(27)31(36)37)29-17-21-16-23(32)9-14-28(21)39-29/h5-18H,4H2,1-3H3. The van der Waals surface area contributed by atoms with Crippen LogP contribution in [0.4, 0.5) is 0 Å². The van der Waals surface area contributed by atoms with Gasteiger partial charge in [0.15, 0.2) is 5.76 Å². The predicted octanol–water partition coefficient (Wildman–Crippen LogP) is 7.15. The van der Waals surface area contributed by atoms with Crippen molar-refractivity contribution in [3.05, 3.63) is 111 Å². The van der Waals surface area contributed by atoms with Crippen LogP contribution < -0.4 is 10.3 Å². The topological polar surface area (TPSA) is 74.6 Å². The second-order valence-corrected chi connectivity index (χ2v) is 9.63. The maximum absolute atomic E-state index is 13.6. The van der Waals surface area contributed by atoms with Crippen molar-refractivity contribution in [1.82, 2.24) is 14.2 Å². The van der Waals surface area contributed by atoms with Gasteiger partial charge in [0.05, 0.1) is 23.7 Å². The molecule has 0 aliphatic heterocycles. The summed E-state index contributed by atoms with van der Waals surface area (Å²) >= 11 is 6.18. The maximum Gasteiger partial charge on any atom is 0.282 e. The van der Waals surface area contributed by atoms with Crippen LogP contribution in [0.15, 0.2) is 93.2 Å². The van der Waals surface area contributed by atoms with Gasteiger partial charge in [-0.3, -0.25) is 4.79 Å². The highest BCUT2D eigenvalue weighted by atomic mass is 35.5. The summed E-state index contributed by atoms with van der Waals surface area (Å²) in [6, 6.07) is 24.4. The predicted molar refractivity (Wildman–Crippen MR) is 156 cm³/mol. The number of fused-ring (bicyclic) bond motifs is 2. The van der Waals surface area contributed by atoms with Crippen LogP contribution in [0.5, 0.6) is 5.75 Å². The third-order valence-electron chi connectivity index (χ3n) is 6.64. The molecule has 194 valence electrons. The summed E-state index contributed by atoms with van der Waals surface area (Å²) in [6.45, 7) is 6.64. The summed E-state index contributed by atoms with van der Waals surface area (Å²) in [5.41, 5.74) is 4.84. The van der Waals surface area contributed by atoms with Crippen molar-refractivity contribution in [2.45, 2.75) is 20.8 Å². The number of furan rings is 1. The third kappa shape index (κ3) is 4.51. The molecule has 0 N–H and O–H groups in total. The van der Waals surface area contributed by atoms with Gasteiger partial charge in [-0.05, 0) is 87.5 Å². The summed E-state index contributed by atoms with van der Waals surface area (Å²) in [5.74, 6) is 1.56. The average Bonchev–Trinajstić information content (AvgIpc) is 3.48. The highest BCUT2D eigenvalue weighted by Gasteiger charge is 2.17. The number of ether oxygens (including phenoxy) is 1. The Bertz CT molecular complexity index is 1930. The van der Waals surface area contributed by atoms with Crippen LogP contribution in [-0.4, -0.2) is 27.0 Å². The van der Waals surface area contributed by atoms with E-state index in [4.69, 9.17) is 25.7 Å². The van der Waals surface area contributed by atoms with Crippen LogP contribution >= 0.6 is 11.6 Å². The zero-order valence-electron chi connectivity index (χ0n) is 21.7. The number of halogens is 1. The minimum Gasteiger partial charge on any atom is -0.494 e. The van der Waals surface area contributed by atoms with Crippen molar-refractivity contribution in [1.29, 1.82) is 0 Å². The lowest BCUT2D eigenvalue weighted by Gasteiger charge is -2.11. The summed E-state index contributed by atoms with van der Waals surface area (Å²) in [4.78, 5) is 18.4. The first-order valence-electron chi connectivity index (χ1n) is 12.6. The van der Waals surface area contributed by atoms with Crippen molar-refractivity contribution in [2.75, 3.05) is 6.61 Å².